The van der Waals surface area contributed by atoms with Crippen molar-refractivity contribution in [1.82, 2.24) is 0 Å². The molecule has 10 rings (SSSR count). The molecule has 0 spiro atoms. The van der Waals surface area contributed by atoms with E-state index >= 15 is 0 Å². The molecule has 0 atom stereocenters. The predicted molar refractivity (Wildman–Crippen MR) is 228 cm³/mol. The highest BCUT2D eigenvalue weighted by Crippen LogP contribution is 2.44. The van der Waals surface area contributed by atoms with E-state index in [-0.39, 0.29) is 0 Å². The lowest BCUT2D eigenvalue weighted by atomic mass is 9.89. The Morgan fingerprint density at radius 1 is 0.296 bits per heavy atom. The maximum atomic E-state index is 6.43. The van der Waals surface area contributed by atoms with Crippen LogP contribution < -0.4 is 4.90 Å². The molecule has 0 aliphatic carbocycles. The fraction of sp³-hybridized carbons (Fsp3) is 0. The van der Waals surface area contributed by atoms with Crippen molar-refractivity contribution in [1.29, 1.82) is 0 Å². The Hall–Kier alpha value is -7.16. The smallest absolute Gasteiger partial charge is 0.137 e. The number of anilines is 3. The highest BCUT2D eigenvalue weighted by molar-refractivity contribution is 6.07. The van der Waals surface area contributed by atoms with Crippen LogP contribution in [0.5, 0.6) is 0 Å². The van der Waals surface area contributed by atoms with Crippen molar-refractivity contribution in [3.05, 3.63) is 212 Å². The van der Waals surface area contributed by atoms with E-state index in [1.54, 1.807) is 0 Å². The van der Waals surface area contributed by atoms with Gasteiger partial charge in [0.05, 0.1) is 0 Å². The van der Waals surface area contributed by atoms with Gasteiger partial charge in [0.1, 0.15) is 11.2 Å². The van der Waals surface area contributed by atoms with Crippen LogP contribution in [-0.2, 0) is 0 Å². The Kier molecular flexibility index (Phi) is 7.85. The Balaban J connectivity index is 1.15. The van der Waals surface area contributed by atoms with E-state index in [2.05, 4.69) is 205 Å². The van der Waals surface area contributed by atoms with Crippen molar-refractivity contribution in [3.8, 4) is 44.5 Å². The molecule has 1 aromatic heterocycles. The van der Waals surface area contributed by atoms with Gasteiger partial charge in [-0.25, -0.2) is 0 Å². The van der Waals surface area contributed by atoms with Gasteiger partial charge < -0.3 is 9.32 Å². The lowest BCUT2D eigenvalue weighted by Gasteiger charge is -2.27. The molecule has 0 aliphatic rings. The Labute approximate surface area is 314 Å². The average molecular weight is 690 g/mol. The first-order chi connectivity index (χ1) is 26.8. The summed E-state index contributed by atoms with van der Waals surface area (Å²) in [6, 6.07) is 75.9. The molecule has 1 heterocycles. The minimum Gasteiger partial charge on any atom is -0.456 e. The zero-order chi connectivity index (χ0) is 35.8. The fourth-order valence-corrected chi connectivity index (χ4v) is 7.92. The normalized spacial score (nSPS) is 11.3. The summed E-state index contributed by atoms with van der Waals surface area (Å²) in [4.78, 5) is 2.34. The summed E-state index contributed by atoms with van der Waals surface area (Å²) in [6.07, 6.45) is 0. The maximum Gasteiger partial charge on any atom is 0.137 e. The van der Waals surface area contributed by atoms with E-state index in [1.807, 2.05) is 12.1 Å². The molecular weight excluding hydrogens is 655 g/mol. The van der Waals surface area contributed by atoms with Crippen molar-refractivity contribution in [2.75, 3.05) is 4.90 Å². The molecule has 9 aromatic carbocycles. The molecule has 0 saturated heterocycles. The van der Waals surface area contributed by atoms with E-state index in [1.165, 1.54) is 55.3 Å². The van der Waals surface area contributed by atoms with Crippen LogP contribution in [0.15, 0.2) is 217 Å². The zero-order valence-electron chi connectivity index (χ0n) is 29.6. The monoisotopic (exact) mass is 689 g/mol. The molecule has 0 N–H and O–H groups in total. The molecule has 2 heteroatoms. The van der Waals surface area contributed by atoms with E-state index in [0.717, 1.165) is 39.0 Å². The van der Waals surface area contributed by atoms with Crippen LogP contribution >= 0.6 is 0 Å². The number of hydrogen-bond acceptors (Lipinski definition) is 2. The van der Waals surface area contributed by atoms with Gasteiger partial charge in [-0.05, 0) is 97.7 Å². The number of nitrogens with zero attached hydrogens (tertiary/aromatic N) is 1. The molecule has 0 fully saturated rings. The minimum atomic E-state index is 0.864. The summed E-state index contributed by atoms with van der Waals surface area (Å²) in [6.45, 7) is 0. The third-order valence-corrected chi connectivity index (χ3v) is 10.5. The number of furan rings is 1. The lowest BCUT2D eigenvalue weighted by molar-refractivity contribution is 0.669. The van der Waals surface area contributed by atoms with Crippen molar-refractivity contribution in [3.63, 3.8) is 0 Å². The van der Waals surface area contributed by atoms with Gasteiger partial charge in [-0.2, -0.15) is 0 Å². The quantitative estimate of drug-likeness (QED) is 0.166. The Bertz CT molecular complexity index is 2910. The first kappa shape index (κ1) is 31.6. The van der Waals surface area contributed by atoms with Gasteiger partial charge in [0.2, 0.25) is 0 Å². The first-order valence-electron chi connectivity index (χ1n) is 18.4. The Morgan fingerprint density at radius 2 is 0.815 bits per heavy atom. The SMILES string of the molecule is c1ccc(-c2ccc(N(c3ccc(-c4ccc5ccccc5c4-c4ccccc4)cc3)c3ccc4c(c3)oc3ccccc34)cc2-c2ccccc2)cc1. The second kappa shape index (κ2) is 13.4. The average Bonchev–Trinajstić information content (AvgIpc) is 3.62. The highest BCUT2D eigenvalue weighted by Gasteiger charge is 2.19. The van der Waals surface area contributed by atoms with Crippen LogP contribution in [0.2, 0.25) is 0 Å². The summed E-state index contributed by atoms with van der Waals surface area (Å²) in [5.74, 6) is 0. The molecule has 0 amide bonds. The number of hydrogen-bond donors (Lipinski definition) is 0. The van der Waals surface area contributed by atoms with Crippen LogP contribution in [-0.4, -0.2) is 0 Å². The van der Waals surface area contributed by atoms with Gasteiger partial charge >= 0.3 is 0 Å². The van der Waals surface area contributed by atoms with E-state index in [0.29, 0.717) is 0 Å². The van der Waals surface area contributed by atoms with Crippen LogP contribution in [0.4, 0.5) is 17.1 Å². The minimum absolute atomic E-state index is 0.864. The molecular formula is C52H35NO. The predicted octanol–water partition coefficient (Wildman–Crippen LogP) is 14.9. The first-order valence-corrected chi connectivity index (χ1v) is 18.4. The van der Waals surface area contributed by atoms with E-state index in [4.69, 9.17) is 4.42 Å². The van der Waals surface area contributed by atoms with Crippen LogP contribution in [0.3, 0.4) is 0 Å². The largest absolute Gasteiger partial charge is 0.456 e. The van der Waals surface area contributed by atoms with Gasteiger partial charge in [0, 0.05) is 33.9 Å². The fourth-order valence-electron chi connectivity index (χ4n) is 7.92. The summed E-state index contributed by atoms with van der Waals surface area (Å²) < 4.78 is 6.43. The second-order valence-electron chi connectivity index (χ2n) is 13.7. The zero-order valence-corrected chi connectivity index (χ0v) is 29.6. The van der Waals surface area contributed by atoms with E-state index in [9.17, 15) is 0 Å². The van der Waals surface area contributed by atoms with Gasteiger partial charge in [-0.15, -0.1) is 0 Å². The molecule has 0 bridgehead atoms. The Morgan fingerprint density at radius 3 is 1.56 bits per heavy atom. The standard InChI is InChI=1S/C52H35NO/c1-4-14-36(15-5-1)44-32-29-42(34-49(44)37-16-6-2-7-17-37)53(43-30-33-48-47-22-12-13-23-50(47)54-51(48)35-43)41-27-24-39(25-28-41)46-31-26-38-18-10-11-21-45(38)52(46)40-19-8-3-9-20-40/h1-35H. The number of benzene rings is 9. The van der Waals surface area contributed by atoms with Gasteiger partial charge in [-0.1, -0.05) is 164 Å². The third kappa shape index (κ3) is 5.62. The summed E-state index contributed by atoms with van der Waals surface area (Å²) in [5.41, 5.74) is 14.5. The molecule has 254 valence electrons. The van der Waals surface area contributed by atoms with Gasteiger partial charge in [0.15, 0.2) is 0 Å². The molecule has 0 saturated carbocycles. The van der Waals surface area contributed by atoms with Gasteiger partial charge in [-0.3, -0.25) is 0 Å². The van der Waals surface area contributed by atoms with Crippen LogP contribution in [0.1, 0.15) is 0 Å². The molecule has 0 aliphatic heterocycles. The molecule has 0 radical (unpaired) electrons. The van der Waals surface area contributed by atoms with Crippen LogP contribution in [0.25, 0.3) is 77.2 Å². The number of fused-ring (bicyclic) bond motifs is 4. The molecule has 54 heavy (non-hydrogen) atoms. The van der Waals surface area contributed by atoms with Crippen molar-refractivity contribution >= 4 is 49.8 Å². The van der Waals surface area contributed by atoms with Crippen molar-refractivity contribution in [2.24, 2.45) is 0 Å². The van der Waals surface area contributed by atoms with Gasteiger partial charge in [0.25, 0.3) is 0 Å². The number of para-hydroxylation sites is 1. The summed E-state index contributed by atoms with van der Waals surface area (Å²) in [5, 5.41) is 4.71. The molecule has 2 nitrogen and oxygen atoms in total. The number of rotatable bonds is 7. The topological polar surface area (TPSA) is 16.4 Å². The highest BCUT2D eigenvalue weighted by atomic mass is 16.3. The third-order valence-electron chi connectivity index (χ3n) is 10.5. The van der Waals surface area contributed by atoms with Crippen LogP contribution in [0, 0.1) is 0 Å². The lowest BCUT2D eigenvalue weighted by Crippen LogP contribution is -2.10. The maximum absolute atomic E-state index is 6.43. The molecule has 10 aromatic rings. The van der Waals surface area contributed by atoms with Crippen molar-refractivity contribution < 1.29 is 4.42 Å². The van der Waals surface area contributed by atoms with Crippen molar-refractivity contribution in [2.45, 2.75) is 0 Å². The second-order valence-corrected chi connectivity index (χ2v) is 13.7. The van der Waals surface area contributed by atoms with E-state index < -0.39 is 0 Å². The summed E-state index contributed by atoms with van der Waals surface area (Å²) >= 11 is 0. The molecule has 0 unspecified atom stereocenters. The summed E-state index contributed by atoms with van der Waals surface area (Å²) in [7, 11) is 0.